The van der Waals surface area contributed by atoms with E-state index in [1.807, 2.05) is 25.1 Å². The molecule has 1 aliphatic rings. The summed E-state index contributed by atoms with van der Waals surface area (Å²) >= 11 is 0. The van der Waals surface area contributed by atoms with Crippen molar-refractivity contribution in [3.05, 3.63) is 70.3 Å². The lowest BCUT2D eigenvalue weighted by molar-refractivity contribution is 0.0992. The summed E-state index contributed by atoms with van der Waals surface area (Å²) in [5.74, 6) is -0.750. The third kappa shape index (κ3) is 3.68. The number of pyridine rings is 1. The van der Waals surface area contributed by atoms with Crippen LogP contribution in [-0.2, 0) is 11.3 Å². The number of carbonyl (C=O) groups is 1. The molecule has 1 aliphatic heterocycles. The van der Waals surface area contributed by atoms with Crippen LogP contribution in [0.4, 0.5) is 15.8 Å². The molecule has 0 aliphatic carbocycles. The number of ether oxygens (including phenoxy) is 1. The SMILES string of the molecule is CCn1c(=O)cc(N2CCOCC2)c2cc(N(C)C(=O)c3cccc(F)c3)ccc21. The van der Waals surface area contributed by atoms with Crippen LogP contribution in [0.25, 0.3) is 10.9 Å². The molecule has 0 unspecified atom stereocenters. The lowest BCUT2D eigenvalue weighted by atomic mass is 10.1. The number of aromatic nitrogens is 1. The van der Waals surface area contributed by atoms with Gasteiger partial charge in [-0.2, -0.15) is 0 Å². The van der Waals surface area contributed by atoms with Gasteiger partial charge in [-0.25, -0.2) is 4.39 Å². The Bertz CT molecular complexity index is 1150. The van der Waals surface area contributed by atoms with Crippen molar-refractivity contribution in [2.24, 2.45) is 0 Å². The van der Waals surface area contributed by atoms with Crippen LogP contribution in [0, 0.1) is 5.82 Å². The molecule has 0 bridgehead atoms. The van der Waals surface area contributed by atoms with Crippen LogP contribution < -0.4 is 15.4 Å². The van der Waals surface area contributed by atoms with Crippen molar-refractivity contribution in [3.8, 4) is 0 Å². The van der Waals surface area contributed by atoms with Gasteiger partial charge in [-0.05, 0) is 43.3 Å². The van der Waals surface area contributed by atoms with E-state index in [0.29, 0.717) is 38.5 Å². The first kappa shape index (κ1) is 20.1. The highest BCUT2D eigenvalue weighted by Crippen LogP contribution is 2.30. The van der Waals surface area contributed by atoms with Crippen LogP contribution in [0.2, 0.25) is 0 Å². The average Bonchev–Trinajstić information content (AvgIpc) is 2.78. The van der Waals surface area contributed by atoms with Crippen LogP contribution in [0.1, 0.15) is 17.3 Å². The van der Waals surface area contributed by atoms with E-state index in [-0.39, 0.29) is 17.0 Å². The highest BCUT2D eigenvalue weighted by molar-refractivity contribution is 6.07. The van der Waals surface area contributed by atoms with Gasteiger partial charge in [0.15, 0.2) is 0 Å². The summed E-state index contributed by atoms with van der Waals surface area (Å²) < 4.78 is 20.7. The molecular formula is C23H24FN3O3. The van der Waals surface area contributed by atoms with Crippen molar-refractivity contribution in [1.82, 2.24) is 4.57 Å². The predicted octanol–water partition coefficient (Wildman–Crippen LogP) is 3.27. The fourth-order valence-electron chi connectivity index (χ4n) is 3.89. The Morgan fingerprint density at radius 1 is 1.13 bits per heavy atom. The van der Waals surface area contributed by atoms with Gasteiger partial charge in [0.25, 0.3) is 11.5 Å². The Labute approximate surface area is 174 Å². The van der Waals surface area contributed by atoms with Crippen LogP contribution in [-0.4, -0.2) is 43.8 Å². The maximum Gasteiger partial charge on any atom is 0.258 e. The zero-order chi connectivity index (χ0) is 21.3. The molecule has 30 heavy (non-hydrogen) atoms. The van der Waals surface area contributed by atoms with E-state index in [1.54, 1.807) is 23.7 Å². The molecule has 0 radical (unpaired) electrons. The number of amides is 1. The third-order valence-electron chi connectivity index (χ3n) is 5.50. The van der Waals surface area contributed by atoms with Gasteiger partial charge in [-0.1, -0.05) is 6.07 Å². The number of benzene rings is 2. The van der Waals surface area contributed by atoms with Gasteiger partial charge in [-0.3, -0.25) is 9.59 Å². The van der Waals surface area contributed by atoms with Gasteiger partial charge in [0.1, 0.15) is 5.82 Å². The molecule has 2 aromatic carbocycles. The van der Waals surface area contributed by atoms with Gasteiger partial charge < -0.3 is 19.1 Å². The molecule has 4 rings (SSSR count). The molecule has 2 heterocycles. The first-order chi connectivity index (χ1) is 14.5. The monoisotopic (exact) mass is 409 g/mol. The molecular weight excluding hydrogens is 385 g/mol. The van der Waals surface area contributed by atoms with Gasteiger partial charge >= 0.3 is 0 Å². The van der Waals surface area contributed by atoms with Gasteiger partial charge in [0.05, 0.1) is 24.4 Å². The summed E-state index contributed by atoms with van der Waals surface area (Å²) in [6.07, 6.45) is 0. The number of fused-ring (bicyclic) bond motifs is 1. The molecule has 1 saturated heterocycles. The summed E-state index contributed by atoms with van der Waals surface area (Å²) in [7, 11) is 1.67. The fraction of sp³-hybridized carbons (Fsp3) is 0.304. The summed E-state index contributed by atoms with van der Waals surface area (Å²) in [5, 5.41) is 0.898. The molecule has 0 N–H and O–H groups in total. The predicted molar refractivity (Wildman–Crippen MR) is 116 cm³/mol. The van der Waals surface area contributed by atoms with Crippen LogP contribution in [0.15, 0.2) is 53.3 Å². The molecule has 1 amide bonds. The minimum Gasteiger partial charge on any atom is -0.378 e. The number of nitrogens with zero attached hydrogens (tertiary/aromatic N) is 3. The number of morpholine rings is 1. The van der Waals surface area contributed by atoms with Gasteiger partial charge in [0.2, 0.25) is 0 Å². The van der Waals surface area contributed by atoms with Crippen molar-refractivity contribution < 1.29 is 13.9 Å². The van der Waals surface area contributed by atoms with Crippen LogP contribution in [0.3, 0.4) is 0 Å². The number of carbonyl (C=O) groups excluding carboxylic acids is 1. The van der Waals surface area contributed by atoms with Crippen LogP contribution in [0.5, 0.6) is 0 Å². The lowest BCUT2D eigenvalue weighted by Crippen LogP contribution is -2.37. The zero-order valence-electron chi connectivity index (χ0n) is 17.1. The highest BCUT2D eigenvalue weighted by atomic mass is 19.1. The summed E-state index contributed by atoms with van der Waals surface area (Å²) in [6, 6.07) is 12.9. The van der Waals surface area contributed by atoms with Crippen molar-refractivity contribution in [2.45, 2.75) is 13.5 Å². The minimum absolute atomic E-state index is 0.0524. The second kappa shape index (κ2) is 8.28. The van der Waals surface area contributed by atoms with E-state index in [0.717, 1.165) is 16.6 Å². The summed E-state index contributed by atoms with van der Waals surface area (Å²) in [6.45, 7) is 5.10. The maximum absolute atomic E-state index is 13.6. The van der Waals surface area contributed by atoms with E-state index in [1.165, 1.54) is 23.1 Å². The largest absolute Gasteiger partial charge is 0.378 e. The van der Waals surface area contributed by atoms with E-state index in [4.69, 9.17) is 4.74 Å². The van der Waals surface area contributed by atoms with Crippen molar-refractivity contribution in [3.63, 3.8) is 0 Å². The van der Waals surface area contributed by atoms with E-state index in [9.17, 15) is 14.0 Å². The van der Waals surface area contributed by atoms with Crippen molar-refractivity contribution in [2.75, 3.05) is 43.2 Å². The number of aryl methyl sites for hydroxylation is 1. The quantitative estimate of drug-likeness (QED) is 0.664. The first-order valence-electron chi connectivity index (χ1n) is 10.0. The second-order valence-electron chi connectivity index (χ2n) is 7.29. The average molecular weight is 409 g/mol. The fourth-order valence-corrected chi connectivity index (χ4v) is 3.89. The van der Waals surface area contributed by atoms with E-state index >= 15 is 0 Å². The molecule has 156 valence electrons. The molecule has 0 saturated carbocycles. The topological polar surface area (TPSA) is 54.8 Å². The zero-order valence-corrected chi connectivity index (χ0v) is 17.1. The maximum atomic E-state index is 13.6. The van der Waals surface area contributed by atoms with Crippen LogP contribution >= 0.6 is 0 Å². The molecule has 1 aromatic heterocycles. The Morgan fingerprint density at radius 3 is 2.60 bits per heavy atom. The van der Waals surface area contributed by atoms with Crippen molar-refractivity contribution in [1.29, 1.82) is 0 Å². The molecule has 6 nitrogen and oxygen atoms in total. The van der Waals surface area contributed by atoms with Gasteiger partial charge in [-0.15, -0.1) is 0 Å². The Balaban J connectivity index is 1.81. The third-order valence-corrected chi connectivity index (χ3v) is 5.50. The van der Waals surface area contributed by atoms with E-state index < -0.39 is 5.82 Å². The minimum atomic E-state index is -0.450. The lowest BCUT2D eigenvalue weighted by Gasteiger charge is -2.30. The molecule has 1 fully saturated rings. The molecule has 0 atom stereocenters. The van der Waals surface area contributed by atoms with Crippen molar-refractivity contribution >= 4 is 28.2 Å². The Morgan fingerprint density at radius 2 is 1.90 bits per heavy atom. The smallest absolute Gasteiger partial charge is 0.258 e. The number of hydrogen-bond acceptors (Lipinski definition) is 4. The normalized spacial score (nSPS) is 14.2. The summed E-state index contributed by atoms with van der Waals surface area (Å²) in [4.78, 5) is 29.2. The first-order valence-corrected chi connectivity index (χ1v) is 10.0. The van der Waals surface area contributed by atoms with E-state index in [2.05, 4.69) is 4.90 Å². The second-order valence-corrected chi connectivity index (χ2v) is 7.29. The molecule has 7 heteroatoms. The Kier molecular flexibility index (Phi) is 5.55. The number of rotatable bonds is 4. The highest BCUT2D eigenvalue weighted by Gasteiger charge is 2.19. The number of halogens is 1. The summed E-state index contributed by atoms with van der Waals surface area (Å²) in [5.41, 5.74) is 2.57. The standard InChI is InChI=1S/C23H24FN3O3/c1-3-27-20-8-7-18(25(2)23(29)16-5-4-6-17(24)13-16)14-19(20)21(15-22(27)28)26-9-11-30-12-10-26/h4-8,13-15H,3,9-12H2,1-2H3. The Hall–Kier alpha value is -3.19. The molecule has 0 spiro atoms. The van der Waals surface area contributed by atoms with Gasteiger partial charge in [0, 0.05) is 49.4 Å². The number of hydrogen-bond donors (Lipinski definition) is 0. The molecule has 3 aromatic rings. The number of anilines is 2.